The molecule has 0 aromatic heterocycles. The maximum Gasteiger partial charge on any atom is 0.417 e. The average molecular weight is 274 g/mol. The average Bonchev–Trinajstić information content (AvgIpc) is 2.35. The maximum atomic E-state index is 12.7. The Morgan fingerprint density at radius 2 is 2.00 bits per heavy atom. The fraction of sp³-hybridized carbons (Fsp3) is 0.417. The highest BCUT2D eigenvalue weighted by atomic mass is 19.4. The van der Waals surface area contributed by atoms with Crippen LogP contribution in [0.3, 0.4) is 0 Å². The van der Waals surface area contributed by atoms with Crippen LogP contribution >= 0.6 is 0 Å². The summed E-state index contributed by atoms with van der Waals surface area (Å²) in [5.74, 6) is 0. The van der Waals surface area contributed by atoms with Crippen LogP contribution in [0.2, 0.25) is 0 Å². The molecule has 0 aliphatic carbocycles. The van der Waals surface area contributed by atoms with Gasteiger partial charge in [0.25, 0.3) is 0 Å². The second kappa shape index (κ2) is 5.47. The van der Waals surface area contributed by atoms with E-state index >= 15 is 0 Å². The van der Waals surface area contributed by atoms with Gasteiger partial charge in [0.05, 0.1) is 23.8 Å². The zero-order chi connectivity index (χ0) is 14.7. The van der Waals surface area contributed by atoms with Gasteiger partial charge in [0.15, 0.2) is 0 Å². The Bertz CT molecular complexity index is 493. The van der Waals surface area contributed by atoms with Crippen LogP contribution in [0.25, 0.3) is 0 Å². The maximum absolute atomic E-state index is 12.7. The molecule has 1 aromatic carbocycles. The van der Waals surface area contributed by atoms with Crippen molar-refractivity contribution in [1.29, 1.82) is 5.26 Å². The number of nitrogens with one attached hydrogen (secondary N) is 1. The Morgan fingerprint density at radius 3 is 2.47 bits per heavy atom. The van der Waals surface area contributed by atoms with E-state index in [1.165, 1.54) is 19.1 Å². The molecule has 1 unspecified atom stereocenters. The lowest BCUT2D eigenvalue weighted by Gasteiger charge is -2.21. The molecule has 0 amide bonds. The molecule has 0 heterocycles. The third-order valence-electron chi connectivity index (χ3n) is 2.46. The zero-order valence-electron chi connectivity index (χ0n) is 10.1. The summed E-state index contributed by atoms with van der Waals surface area (Å²) >= 11 is 0. The molecule has 1 atom stereocenters. The number of aliphatic hydroxyl groups is 2. The number of rotatable bonds is 4. The van der Waals surface area contributed by atoms with Crippen molar-refractivity contribution in [2.75, 3.05) is 18.5 Å². The van der Waals surface area contributed by atoms with Gasteiger partial charge in [-0.05, 0) is 25.1 Å². The van der Waals surface area contributed by atoms with E-state index in [0.717, 1.165) is 12.1 Å². The van der Waals surface area contributed by atoms with Crippen LogP contribution in [0.5, 0.6) is 0 Å². The second-order valence-corrected chi connectivity index (χ2v) is 4.38. The molecule has 104 valence electrons. The van der Waals surface area contributed by atoms with Gasteiger partial charge in [-0.15, -0.1) is 0 Å². The van der Waals surface area contributed by atoms with Crippen molar-refractivity contribution in [2.24, 2.45) is 0 Å². The largest absolute Gasteiger partial charge is 0.417 e. The number of benzene rings is 1. The number of halogens is 3. The summed E-state index contributed by atoms with van der Waals surface area (Å²) in [7, 11) is 0. The van der Waals surface area contributed by atoms with E-state index in [4.69, 9.17) is 10.4 Å². The van der Waals surface area contributed by atoms with Crippen molar-refractivity contribution in [3.05, 3.63) is 29.3 Å². The van der Waals surface area contributed by atoms with Gasteiger partial charge in [0.2, 0.25) is 0 Å². The van der Waals surface area contributed by atoms with Crippen molar-refractivity contribution in [1.82, 2.24) is 0 Å². The molecule has 0 spiro atoms. The molecule has 0 bridgehead atoms. The number of aliphatic hydroxyl groups excluding tert-OH is 1. The highest BCUT2D eigenvalue weighted by Gasteiger charge is 2.34. The van der Waals surface area contributed by atoms with Crippen molar-refractivity contribution in [2.45, 2.75) is 18.7 Å². The Hall–Kier alpha value is -1.78. The predicted molar refractivity (Wildman–Crippen MR) is 62.4 cm³/mol. The van der Waals surface area contributed by atoms with Gasteiger partial charge in [0, 0.05) is 12.2 Å². The summed E-state index contributed by atoms with van der Waals surface area (Å²) in [4.78, 5) is 0. The van der Waals surface area contributed by atoms with E-state index in [-0.39, 0.29) is 12.2 Å². The molecule has 7 heteroatoms. The molecule has 1 aromatic rings. The molecule has 19 heavy (non-hydrogen) atoms. The number of hydrogen-bond donors (Lipinski definition) is 3. The van der Waals surface area contributed by atoms with Crippen molar-refractivity contribution in [3.8, 4) is 6.07 Å². The van der Waals surface area contributed by atoms with Crippen molar-refractivity contribution < 1.29 is 23.4 Å². The fourth-order valence-corrected chi connectivity index (χ4v) is 1.33. The minimum atomic E-state index is -4.62. The van der Waals surface area contributed by atoms with Gasteiger partial charge in [-0.25, -0.2) is 0 Å². The van der Waals surface area contributed by atoms with E-state index in [1.807, 2.05) is 0 Å². The summed E-state index contributed by atoms with van der Waals surface area (Å²) in [6, 6.07) is 4.63. The molecule has 0 aliphatic heterocycles. The summed E-state index contributed by atoms with van der Waals surface area (Å²) in [5, 5.41) is 29.6. The number of hydrogen-bond acceptors (Lipinski definition) is 4. The van der Waals surface area contributed by atoms with Crippen LogP contribution in [-0.4, -0.2) is 29.0 Å². The van der Waals surface area contributed by atoms with Gasteiger partial charge in [-0.2, -0.15) is 18.4 Å². The van der Waals surface area contributed by atoms with E-state index in [2.05, 4.69) is 5.32 Å². The lowest BCUT2D eigenvalue weighted by Crippen LogP contribution is -2.37. The Morgan fingerprint density at radius 1 is 1.37 bits per heavy atom. The van der Waals surface area contributed by atoms with Crippen LogP contribution in [0, 0.1) is 11.3 Å². The standard InChI is InChI=1S/C12H13F3N2O2/c1-11(19,7-18)6-17-9-3-2-8(5-16)10(4-9)12(13,14)15/h2-4,17-19H,6-7H2,1H3. The van der Waals surface area contributed by atoms with E-state index in [9.17, 15) is 18.3 Å². The highest BCUT2D eigenvalue weighted by Crippen LogP contribution is 2.33. The SMILES string of the molecule is CC(O)(CO)CNc1ccc(C#N)c(C(F)(F)F)c1. The number of alkyl halides is 3. The first-order chi connectivity index (χ1) is 8.69. The van der Waals surface area contributed by atoms with Gasteiger partial charge in [-0.3, -0.25) is 0 Å². The highest BCUT2D eigenvalue weighted by molar-refractivity contribution is 5.53. The van der Waals surface area contributed by atoms with E-state index in [0.29, 0.717) is 0 Å². The summed E-state index contributed by atoms with van der Waals surface area (Å²) in [5.41, 5.74) is -2.83. The van der Waals surface area contributed by atoms with Gasteiger partial charge in [-0.1, -0.05) is 0 Å². The number of nitrogens with zero attached hydrogens (tertiary/aromatic N) is 1. The Kier molecular flexibility index (Phi) is 4.39. The van der Waals surface area contributed by atoms with Crippen LogP contribution in [0.4, 0.5) is 18.9 Å². The first kappa shape index (κ1) is 15.3. The minimum absolute atomic E-state index is 0.111. The monoisotopic (exact) mass is 274 g/mol. The van der Waals surface area contributed by atoms with E-state index in [1.54, 1.807) is 0 Å². The van der Waals surface area contributed by atoms with Crippen molar-refractivity contribution >= 4 is 5.69 Å². The molecule has 0 radical (unpaired) electrons. The third-order valence-corrected chi connectivity index (χ3v) is 2.46. The minimum Gasteiger partial charge on any atom is -0.393 e. The number of nitriles is 1. The molecule has 0 saturated heterocycles. The lowest BCUT2D eigenvalue weighted by atomic mass is 10.1. The third kappa shape index (κ3) is 4.12. The molecule has 1 rings (SSSR count). The summed E-state index contributed by atoms with van der Waals surface area (Å²) in [6.45, 7) is 0.698. The molecule has 0 fully saturated rings. The first-order valence-corrected chi connectivity index (χ1v) is 5.38. The molecule has 0 saturated carbocycles. The number of anilines is 1. The quantitative estimate of drug-likeness (QED) is 0.781. The van der Waals surface area contributed by atoms with Crippen LogP contribution in [0.15, 0.2) is 18.2 Å². The molecule has 3 N–H and O–H groups in total. The Labute approximate surface area is 108 Å². The molecular weight excluding hydrogens is 261 g/mol. The van der Waals surface area contributed by atoms with Crippen molar-refractivity contribution in [3.63, 3.8) is 0 Å². The Balaban J connectivity index is 2.98. The van der Waals surface area contributed by atoms with Crippen LogP contribution in [-0.2, 0) is 6.18 Å². The predicted octanol–water partition coefficient (Wildman–Crippen LogP) is 1.73. The smallest absolute Gasteiger partial charge is 0.393 e. The first-order valence-electron chi connectivity index (χ1n) is 5.38. The zero-order valence-corrected chi connectivity index (χ0v) is 10.1. The molecule has 0 aliphatic rings. The fourth-order valence-electron chi connectivity index (χ4n) is 1.33. The summed E-state index contributed by atoms with van der Waals surface area (Å²) < 4.78 is 38.1. The summed E-state index contributed by atoms with van der Waals surface area (Å²) in [6.07, 6.45) is -4.62. The van der Waals surface area contributed by atoms with Gasteiger partial charge >= 0.3 is 6.18 Å². The molecular formula is C12H13F3N2O2. The van der Waals surface area contributed by atoms with Gasteiger partial charge < -0.3 is 15.5 Å². The van der Waals surface area contributed by atoms with Crippen LogP contribution in [0.1, 0.15) is 18.1 Å². The normalized spacial score (nSPS) is 14.6. The van der Waals surface area contributed by atoms with E-state index < -0.39 is 29.5 Å². The molecule has 4 nitrogen and oxygen atoms in total. The second-order valence-electron chi connectivity index (χ2n) is 4.38. The van der Waals surface area contributed by atoms with Gasteiger partial charge in [0.1, 0.15) is 5.60 Å². The van der Waals surface area contributed by atoms with Crippen LogP contribution < -0.4 is 5.32 Å². The topological polar surface area (TPSA) is 76.3 Å². The lowest BCUT2D eigenvalue weighted by molar-refractivity contribution is -0.137.